The van der Waals surface area contributed by atoms with Crippen molar-refractivity contribution in [1.29, 1.82) is 0 Å². The van der Waals surface area contributed by atoms with Crippen LogP contribution in [-0.2, 0) is 0 Å². The maximum Gasteiger partial charge on any atom is 0.277 e. The Bertz CT molecular complexity index is 666. The number of oxime groups is 1. The Morgan fingerprint density at radius 3 is 2.85 bits per heavy atom. The lowest BCUT2D eigenvalue weighted by atomic mass is 10.1. The summed E-state index contributed by atoms with van der Waals surface area (Å²) in [4.78, 5) is 17.9. The second-order valence-corrected chi connectivity index (χ2v) is 5.21. The van der Waals surface area contributed by atoms with E-state index in [0.29, 0.717) is 16.9 Å². The number of aryl methyl sites for hydroxylation is 1. The highest BCUT2D eigenvalue weighted by atomic mass is 32.1. The Hall–Kier alpha value is -2.41. The minimum absolute atomic E-state index is 0.00259. The smallest absolute Gasteiger partial charge is 0.277 e. The summed E-state index contributed by atoms with van der Waals surface area (Å²) in [6, 6.07) is 6.88. The van der Waals surface area contributed by atoms with Gasteiger partial charge in [-0.3, -0.25) is 4.79 Å². The lowest BCUT2D eigenvalue weighted by Gasteiger charge is -2.16. The maximum absolute atomic E-state index is 12.3. The minimum Gasteiger partial charge on any atom is -0.409 e. The molecular weight excluding hydrogens is 276 g/mol. The number of nitrogens with zero attached hydrogens (tertiary/aromatic N) is 3. The molecule has 3 N–H and O–H groups in total. The molecule has 0 fully saturated rings. The van der Waals surface area contributed by atoms with E-state index in [-0.39, 0.29) is 11.7 Å². The largest absolute Gasteiger partial charge is 0.409 e. The van der Waals surface area contributed by atoms with Gasteiger partial charge in [0.15, 0.2) is 5.84 Å². The molecule has 0 atom stereocenters. The van der Waals surface area contributed by atoms with Crippen LogP contribution >= 0.6 is 11.3 Å². The van der Waals surface area contributed by atoms with Crippen LogP contribution in [0.15, 0.2) is 34.8 Å². The van der Waals surface area contributed by atoms with Gasteiger partial charge in [-0.2, -0.15) is 0 Å². The van der Waals surface area contributed by atoms with Crippen LogP contribution in [0.1, 0.15) is 21.1 Å². The summed E-state index contributed by atoms with van der Waals surface area (Å²) in [6.07, 6.45) is 0. The SMILES string of the molecule is Cc1nc(C(=O)N(C)c2cccc(C(N)=NO)c2)cs1. The summed E-state index contributed by atoms with van der Waals surface area (Å²) in [5.74, 6) is -0.205. The van der Waals surface area contributed by atoms with Crippen molar-refractivity contribution in [2.24, 2.45) is 10.9 Å². The zero-order chi connectivity index (χ0) is 14.7. The Balaban J connectivity index is 2.29. The third kappa shape index (κ3) is 2.77. The number of benzene rings is 1. The predicted molar refractivity (Wildman–Crippen MR) is 78.5 cm³/mol. The van der Waals surface area contributed by atoms with Crippen LogP contribution < -0.4 is 10.6 Å². The summed E-state index contributed by atoms with van der Waals surface area (Å²) in [5, 5.41) is 14.2. The first-order chi connectivity index (χ1) is 9.52. The van der Waals surface area contributed by atoms with Gasteiger partial charge < -0.3 is 15.8 Å². The number of hydrogen-bond acceptors (Lipinski definition) is 5. The van der Waals surface area contributed by atoms with Gasteiger partial charge in [-0.15, -0.1) is 11.3 Å². The molecule has 7 heteroatoms. The standard InChI is InChI=1S/C13H14N4O2S/c1-8-15-11(7-20-8)13(18)17(2)10-5-3-4-9(6-10)12(14)16-19/h3-7,19H,1-2H3,(H2,14,16). The molecule has 0 aliphatic heterocycles. The van der Waals surface area contributed by atoms with Crippen LogP contribution in [0.4, 0.5) is 5.69 Å². The molecule has 0 spiro atoms. The van der Waals surface area contributed by atoms with E-state index >= 15 is 0 Å². The van der Waals surface area contributed by atoms with E-state index in [2.05, 4.69) is 10.1 Å². The molecule has 2 rings (SSSR count). The Labute approximate surface area is 120 Å². The Morgan fingerprint density at radius 1 is 1.50 bits per heavy atom. The second-order valence-electron chi connectivity index (χ2n) is 4.15. The van der Waals surface area contributed by atoms with Crippen molar-refractivity contribution < 1.29 is 10.0 Å². The van der Waals surface area contributed by atoms with Gasteiger partial charge in [0.05, 0.1) is 5.01 Å². The molecule has 0 saturated heterocycles. The van der Waals surface area contributed by atoms with Crippen LogP contribution in [0.2, 0.25) is 0 Å². The molecule has 0 aliphatic rings. The summed E-state index contributed by atoms with van der Waals surface area (Å²) in [6.45, 7) is 1.85. The van der Waals surface area contributed by atoms with Crippen LogP contribution in [0.25, 0.3) is 0 Å². The number of amidine groups is 1. The second kappa shape index (κ2) is 5.70. The first-order valence-corrected chi connectivity index (χ1v) is 6.69. The average molecular weight is 290 g/mol. The zero-order valence-corrected chi connectivity index (χ0v) is 11.9. The molecule has 2 aromatic rings. The molecular formula is C13H14N4O2S. The average Bonchev–Trinajstić information content (AvgIpc) is 2.91. The van der Waals surface area contributed by atoms with E-state index in [1.54, 1.807) is 36.7 Å². The molecule has 0 unspecified atom stereocenters. The number of amides is 1. The van der Waals surface area contributed by atoms with Gasteiger partial charge in [0.25, 0.3) is 5.91 Å². The molecule has 0 aliphatic carbocycles. The monoisotopic (exact) mass is 290 g/mol. The summed E-state index contributed by atoms with van der Waals surface area (Å²) in [7, 11) is 1.66. The lowest BCUT2D eigenvalue weighted by Crippen LogP contribution is -2.27. The van der Waals surface area contributed by atoms with E-state index in [1.807, 2.05) is 6.92 Å². The summed E-state index contributed by atoms with van der Waals surface area (Å²) >= 11 is 1.43. The summed E-state index contributed by atoms with van der Waals surface area (Å²) < 4.78 is 0. The van der Waals surface area contributed by atoms with Crippen molar-refractivity contribution in [2.75, 3.05) is 11.9 Å². The molecule has 1 heterocycles. The van der Waals surface area contributed by atoms with E-state index in [4.69, 9.17) is 10.9 Å². The van der Waals surface area contributed by atoms with Crippen molar-refractivity contribution in [3.63, 3.8) is 0 Å². The van der Waals surface area contributed by atoms with E-state index in [1.165, 1.54) is 16.2 Å². The fourth-order valence-electron chi connectivity index (χ4n) is 1.68. The van der Waals surface area contributed by atoms with Gasteiger partial charge in [-0.1, -0.05) is 17.3 Å². The Morgan fingerprint density at radius 2 is 2.25 bits per heavy atom. The van der Waals surface area contributed by atoms with E-state index in [0.717, 1.165) is 5.01 Å². The van der Waals surface area contributed by atoms with Crippen LogP contribution in [0.5, 0.6) is 0 Å². The molecule has 6 nitrogen and oxygen atoms in total. The first-order valence-electron chi connectivity index (χ1n) is 5.81. The van der Waals surface area contributed by atoms with Crippen LogP contribution in [-0.4, -0.2) is 29.0 Å². The third-order valence-corrected chi connectivity index (χ3v) is 3.55. The topological polar surface area (TPSA) is 91.8 Å². The number of carbonyl (C=O) groups excluding carboxylic acids is 1. The normalized spacial score (nSPS) is 11.4. The number of anilines is 1. The van der Waals surface area contributed by atoms with Gasteiger partial charge in [0.1, 0.15) is 5.69 Å². The molecule has 0 saturated carbocycles. The zero-order valence-electron chi connectivity index (χ0n) is 11.1. The van der Waals surface area contributed by atoms with Crippen LogP contribution in [0.3, 0.4) is 0 Å². The van der Waals surface area contributed by atoms with E-state index < -0.39 is 0 Å². The highest BCUT2D eigenvalue weighted by Crippen LogP contribution is 2.18. The molecule has 0 bridgehead atoms. The number of hydrogen-bond donors (Lipinski definition) is 2. The van der Waals surface area contributed by atoms with Crippen molar-refractivity contribution in [3.8, 4) is 0 Å². The number of carbonyl (C=O) groups is 1. The van der Waals surface area contributed by atoms with Gasteiger partial charge in [-0.25, -0.2) is 4.98 Å². The van der Waals surface area contributed by atoms with Gasteiger partial charge in [-0.05, 0) is 19.1 Å². The van der Waals surface area contributed by atoms with Crippen molar-refractivity contribution in [2.45, 2.75) is 6.92 Å². The van der Waals surface area contributed by atoms with Crippen molar-refractivity contribution in [3.05, 3.63) is 45.9 Å². The quantitative estimate of drug-likeness (QED) is 0.390. The number of nitrogens with two attached hydrogens (primary N) is 1. The number of thiazole rings is 1. The molecule has 1 amide bonds. The van der Waals surface area contributed by atoms with Crippen LogP contribution in [0, 0.1) is 6.92 Å². The fraction of sp³-hybridized carbons (Fsp3) is 0.154. The third-order valence-electron chi connectivity index (χ3n) is 2.78. The van der Waals surface area contributed by atoms with Gasteiger partial charge >= 0.3 is 0 Å². The minimum atomic E-state index is -0.203. The Kier molecular flexibility index (Phi) is 3.99. The highest BCUT2D eigenvalue weighted by Gasteiger charge is 2.16. The maximum atomic E-state index is 12.3. The molecule has 20 heavy (non-hydrogen) atoms. The summed E-state index contributed by atoms with van der Waals surface area (Å²) in [5.41, 5.74) is 7.13. The van der Waals surface area contributed by atoms with Crippen molar-refractivity contribution in [1.82, 2.24) is 4.98 Å². The van der Waals surface area contributed by atoms with Gasteiger partial charge in [0.2, 0.25) is 0 Å². The molecule has 0 radical (unpaired) electrons. The highest BCUT2D eigenvalue weighted by molar-refractivity contribution is 7.09. The number of rotatable bonds is 3. The van der Waals surface area contributed by atoms with Gasteiger partial charge in [0, 0.05) is 23.7 Å². The van der Waals surface area contributed by atoms with Crippen molar-refractivity contribution >= 4 is 28.8 Å². The van der Waals surface area contributed by atoms with E-state index in [9.17, 15) is 4.79 Å². The number of aromatic nitrogens is 1. The predicted octanol–water partition coefficient (Wildman–Crippen LogP) is 1.82. The molecule has 104 valence electrons. The lowest BCUT2D eigenvalue weighted by molar-refractivity contribution is 0.0989. The molecule has 1 aromatic carbocycles. The first kappa shape index (κ1) is 14.0. The fourth-order valence-corrected chi connectivity index (χ4v) is 2.27. The molecule has 1 aromatic heterocycles.